The topological polar surface area (TPSA) is 75.9 Å². The minimum Gasteiger partial charge on any atom is -0.360 e. The second-order valence-corrected chi connectivity index (χ2v) is 5.73. The summed E-state index contributed by atoms with van der Waals surface area (Å²) in [4.78, 5) is 9.17. The van der Waals surface area contributed by atoms with Crippen LogP contribution in [0.15, 0.2) is 47.0 Å². The molecule has 2 N–H and O–H groups in total. The third kappa shape index (κ3) is 3.90. The lowest BCUT2D eigenvalue weighted by atomic mass is 10.1. The van der Waals surface area contributed by atoms with Crippen LogP contribution in [0.25, 0.3) is 11.3 Å². The van der Waals surface area contributed by atoms with Crippen molar-refractivity contribution in [3.63, 3.8) is 0 Å². The minimum atomic E-state index is 0.290. The zero-order valence-electron chi connectivity index (χ0n) is 14.1. The molecule has 0 aliphatic rings. The maximum Gasteiger partial charge on any atom is 0.225 e. The molecule has 6 nitrogen and oxygen atoms in total. The van der Waals surface area contributed by atoms with E-state index >= 15 is 0 Å². The van der Waals surface area contributed by atoms with Gasteiger partial charge in [-0.15, -0.1) is 0 Å². The van der Waals surface area contributed by atoms with Gasteiger partial charge in [-0.25, -0.2) is 4.98 Å². The number of rotatable bonds is 6. The first-order valence-corrected chi connectivity index (χ1v) is 8.05. The Balaban J connectivity index is 1.95. The number of hydrogen-bond acceptors (Lipinski definition) is 6. The van der Waals surface area contributed by atoms with Crippen LogP contribution in [0.3, 0.4) is 0 Å². The molecule has 3 aromatic rings. The van der Waals surface area contributed by atoms with E-state index < -0.39 is 0 Å². The molecule has 0 spiro atoms. The zero-order valence-corrected chi connectivity index (χ0v) is 14.1. The van der Waals surface area contributed by atoms with Crippen LogP contribution in [0.1, 0.15) is 26.0 Å². The molecule has 0 aliphatic heterocycles. The van der Waals surface area contributed by atoms with Gasteiger partial charge in [0.25, 0.3) is 0 Å². The minimum absolute atomic E-state index is 0.290. The molecular weight excluding hydrogens is 302 g/mol. The number of hydrogen-bond donors (Lipinski definition) is 2. The monoisotopic (exact) mass is 323 g/mol. The van der Waals surface area contributed by atoms with Crippen molar-refractivity contribution in [3.05, 3.63) is 48.2 Å². The Bertz CT molecular complexity index is 800. The summed E-state index contributed by atoms with van der Waals surface area (Å²) >= 11 is 0. The van der Waals surface area contributed by atoms with E-state index in [4.69, 9.17) is 4.52 Å². The van der Waals surface area contributed by atoms with E-state index in [1.165, 1.54) is 0 Å². The number of nitrogens with one attached hydrogen (secondary N) is 2. The lowest BCUT2D eigenvalue weighted by Crippen LogP contribution is -2.16. The molecule has 1 aromatic carbocycles. The number of anilines is 3. The SMILES string of the molecule is CCC(C)Nc1nc(Nc2cc(C)on2)cc(-c2ccccc2)n1. The molecule has 0 fully saturated rings. The van der Waals surface area contributed by atoms with Gasteiger partial charge in [0.05, 0.1) is 5.69 Å². The van der Waals surface area contributed by atoms with Crippen molar-refractivity contribution in [1.29, 1.82) is 0 Å². The third-order valence-corrected chi connectivity index (χ3v) is 3.67. The summed E-state index contributed by atoms with van der Waals surface area (Å²) in [6.07, 6.45) is 0.990. The van der Waals surface area contributed by atoms with Crippen molar-refractivity contribution < 1.29 is 4.52 Å². The molecule has 0 bridgehead atoms. The maximum atomic E-state index is 5.09. The van der Waals surface area contributed by atoms with E-state index in [-0.39, 0.29) is 6.04 Å². The Labute approximate surface area is 141 Å². The summed E-state index contributed by atoms with van der Waals surface area (Å²) in [5.74, 6) is 2.63. The van der Waals surface area contributed by atoms with E-state index in [0.29, 0.717) is 17.6 Å². The second kappa shape index (κ2) is 7.12. The highest BCUT2D eigenvalue weighted by molar-refractivity contribution is 5.66. The first kappa shape index (κ1) is 16.0. The van der Waals surface area contributed by atoms with Gasteiger partial charge < -0.3 is 15.2 Å². The van der Waals surface area contributed by atoms with Gasteiger partial charge in [0.15, 0.2) is 5.82 Å². The van der Waals surface area contributed by atoms with E-state index in [1.54, 1.807) is 0 Å². The number of aryl methyl sites for hydroxylation is 1. The second-order valence-electron chi connectivity index (χ2n) is 5.73. The van der Waals surface area contributed by atoms with E-state index in [1.807, 2.05) is 49.4 Å². The molecule has 0 saturated carbocycles. The summed E-state index contributed by atoms with van der Waals surface area (Å²) in [6, 6.07) is 14.0. The maximum absolute atomic E-state index is 5.09. The molecule has 0 saturated heterocycles. The Morgan fingerprint density at radius 1 is 1.08 bits per heavy atom. The van der Waals surface area contributed by atoms with E-state index in [2.05, 4.69) is 39.6 Å². The van der Waals surface area contributed by atoms with Gasteiger partial charge in [-0.2, -0.15) is 4.98 Å². The Kier molecular flexibility index (Phi) is 4.74. The van der Waals surface area contributed by atoms with Crippen molar-refractivity contribution in [2.45, 2.75) is 33.2 Å². The highest BCUT2D eigenvalue weighted by Gasteiger charge is 2.10. The fraction of sp³-hybridized carbons (Fsp3) is 0.278. The zero-order chi connectivity index (χ0) is 16.9. The largest absolute Gasteiger partial charge is 0.360 e. The highest BCUT2D eigenvalue weighted by Crippen LogP contribution is 2.23. The molecule has 24 heavy (non-hydrogen) atoms. The smallest absolute Gasteiger partial charge is 0.225 e. The van der Waals surface area contributed by atoms with Crippen molar-refractivity contribution in [1.82, 2.24) is 15.1 Å². The molecule has 124 valence electrons. The van der Waals surface area contributed by atoms with Crippen molar-refractivity contribution in [3.8, 4) is 11.3 Å². The fourth-order valence-electron chi connectivity index (χ4n) is 2.21. The summed E-state index contributed by atoms with van der Waals surface area (Å²) in [5.41, 5.74) is 1.88. The Morgan fingerprint density at radius 2 is 1.88 bits per heavy atom. The van der Waals surface area contributed by atoms with Crippen LogP contribution in [0, 0.1) is 6.92 Å². The molecule has 0 aliphatic carbocycles. The van der Waals surface area contributed by atoms with Crippen LogP contribution < -0.4 is 10.6 Å². The molecule has 3 rings (SSSR count). The van der Waals surface area contributed by atoms with Crippen LogP contribution in [-0.2, 0) is 0 Å². The Morgan fingerprint density at radius 3 is 2.54 bits per heavy atom. The van der Waals surface area contributed by atoms with Crippen molar-refractivity contribution in [2.24, 2.45) is 0 Å². The van der Waals surface area contributed by atoms with Gasteiger partial charge in [-0.1, -0.05) is 42.4 Å². The summed E-state index contributed by atoms with van der Waals surface area (Å²) in [6.45, 7) is 6.08. The highest BCUT2D eigenvalue weighted by atomic mass is 16.5. The van der Waals surface area contributed by atoms with Gasteiger partial charge in [-0.05, 0) is 20.3 Å². The molecule has 2 aromatic heterocycles. The van der Waals surface area contributed by atoms with Crippen LogP contribution in [0.5, 0.6) is 0 Å². The van der Waals surface area contributed by atoms with Crippen molar-refractivity contribution in [2.75, 3.05) is 10.6 Å². The van der Waals surface area contributed by atoms with E-state index in [9.17, 15) is 0 Å². The summed E-state index contributed by atoms with van der Waals surface area (Å²) < 4.78 is 5.09. The van der Waals surface area contributed by atoms with Gasteiger partial charge in [0, 0.05) is 23.7 Å². The molecule has 2 heterocycles. The van der Waals surface area contributed by atoms with Crippen LogP contribution >= 0.6 is 0 Å². The molecule has 0 amide bonds. The molecule has 1 unspecified atom stereocenters. The standard InChI is InChI=1S/C18H21N5O/c1-4-12(2)19-18-20-15(14-8-6-5-7-9-14)11-16(22-18)21-17-10-13(3)24-23-17/h5-12H,4H2,1-3H3,(H2,19,20,21,22,23). The predicted molar refractivity (Wildman–Crippen MR) is 95.4 cm³/mol. The average molecular weight is 323 g/mol. The third-order valence-electron chi connectivity index (χ3n) is 3.67. The summed E-state index contributed by atoms with van der Waals surface area (Å²) in [7, 11) is 0. The predicted octanol–water partition coefficient (Wildman–Crippen LogP) is 4.39. The molecule has 0 radical (unpaired) electrons. The first-order chi connectivity index (χ1) is 11.6. The lowest BCUT2D eigenvalue weighted by Gasteiger charge is -2.14. The molecule has 6 heteroatoms. The normalized spacial score (nSPS) is 12.0. The Hall–Kier alpha value is -2.89. The van der Waals surface area contributed by atoms with Crippen LogP contribution in [-0.4, -0.2) is 21.2 Å². The number of nitrogens with zero attached hydrogens (tertiary/aromatic N) is 3. The average Bonchev–Trinajstić information content (AvgIpc) is 3.00. The molecule has 1 atom stereocenters. The van der Waals surface area contributed by atoms with Gasteiger partial charge in [0.2, 0.25) is 5.95 Å². The lowest BCUT2D eigenvalue weighted by molar-refractivity contribution is 0.400. The van der Waals surface area contributed by atoms with Gasteiger partial charge in [-0.3, -0.25) is 0 Å². The van der Waals surface area contributed by atoms with Crippen molar-refractivity contribution >= 4 is 17.6 Å². The van der Waals surface area contributed by atoms with E-state index in [0.717, 1.165) is 23.4 Å². The number of aromatic nitrogens is 3. The molecular formula is C18H21N5O. The van der Waals surface area contributed by atoms with Gasteiger partial charge in [0.1, 0.15) is 11.6 Å². The quantitative estimate of drug-likeness (QED) is 0.700. The van der Waals surface area contributed by atoms with Crippen LogP contribution in [0.4, 0.5) is 17.6 Å². The van der Waals surface area contributed by atoms with Gasteiger partial charge >= 0.3 is 0 Å². The van der Waals surface area contributed by atoms with Crippen LogP contribution in [0.2, 0.25) is 0 Å². The first-order valence-electron chi connectivity index (χ1n) is 8.05. The summed E-state index contributed by atoms with van der Waals surface area (Å²) in [5, 5.41) is 10.5. The number of benzene rings is 1. The fourth-order valence-corrected chi connectivity index (χ4v) is 2.21.